The second kappa shape index (κ2) is 4.85. The molecule has 17 heavy (non-hydrogen) atoms. The largest absolute Gasteiger partial charge is 0.496 e. The first kappa shape index (κ1) is 12.1. The molecule has 0 radical (unpaired) electrons. The minimum atomic E-state index is -0.970. The normalized spacial score (nSPS) is 10.2. The highest BCUT2D eigenvalue weighted by molar-refractivity contribution is 9.10. The van der Waals surface area contributed by atoms with E-state index in [1.165, 1.54) is 6.20 Å². The number of aromatic carboxylic acids is 1. The van der Waals surface area contributed by atoms with E-state index in [0.29, 0.717) is 10.8 Å². The number of benzene rings is 1. The minimum absolute atomic E-state index is 0.210. The number of nitrogens with zero attached hydrogens (tertiary/aromatic N) is 1. The Kier molecular flexibility index (Phi) is 3.44. The highest BCUT2D eigenvalue weighted by Crippen LogP contribution is 2.34. The second-order valence-electron chi connectivity index (χ2n) is 3.18. The lowest BCUT2D eigenvalue weighted by molar-refractivity contribution is 0.0702. The van der Waals surface area contributed by atoms with Crippen LogP contribution in [-0.4, -0.2) is 23.2 Å². The van der Waals surface area contributed by atoms with Crippen LogP contribution in [0.1, 0.15) is 9.67 Å². The average molecular weight is 314 g/mol. The molecule has 0 aliphatic carbocycles. The van der Waals surface area contributed by atoms with E-state index in [-0.39, 0.29) is 4.88 Å². The number of hydrogen-bond acceptors (Lipinski definition) is 4. The molecule has 0 atom stereocenters. The van der Waals surface area contributed by atoms with E-state index in [4.69, 9.17) is 9.84 Å². The molecule has 0 amide bonds. The lowest BCUT2D eigenvalue weighted by Crippen LogP contribution is -1.89. The summed E-state index contributed by atoms with van der Waals surface area (Å²) in [4.78, 5) is 15.1. The number of methoxy groups -OCH3 is 1. The Morgan fingerprint density at radius 3 is 2.88 bits per heavy atom. The van der Waals surface area contributed by atoms with Crippen LogP contribution in [0.4, 0.5) is 0 Å². The fourth-order valence-corrected chi connectivity index (χ4v) is 2.48. The van der Waals surface area contributed by atoms with Gasteiger partial charge in [0.2, 0.25) is 0 Å². The number of carboxylic acids is 1. The van der Waals surface area contributed by atoms with Crippen molar-refractivity contribution in [3.8, 4) is 16.3 Å². The Bertz CT molecular complexity index is 568. The first-order valence-electron chi connectivity index (χ1n) is 4.65. The van der Waals surface area contributed by atoms with Crippen LogP contribution in [0.25, 0.3) is 10.6 Å². The fourth-order valence-electron chi connectivity index (χ4n) is 1.34. The van der Waals surface area contributed by atoms with Crippen LogP contribution < -0.4 is 4.74 Å². The van der Waals surface area contributed by atoms with Crippen molar-refractivity contribution >= 4 is 33.2 Å². The number of rotatable bonds is 3. The van der Waals surface area contributed by atoms with E-state index in [2.05, 4.69) is 20.9 Å². The summed E-state index contributed by atoms with van der Waals surface area (Å²) in [5.41, 5.74) is 0.777. The number of halogens is 1. The summed E-state index contributed by atoms with van der Waals surface area (Å²) >= 11 is 4.48. The van der Waals surface area contributed by atoms with Crippen LogP contribution in [0.2, 0.25) is 0 Å². The Hall–Kier alpha value is -1.40. The molecule has 0 saturated carbocycles. The van der Waals surface area contributed by atoms with Crippen LogP contribution in [0, 0.1) is 0 Å². The van der Waals surface area contributed by atoms with E-state index in [0.717, 1.165) is 21.4 Å². The van der Waals surface area contributed by atoms with Crippen molar-refractivity contribution in [2.24, 2.45) is 0 Å². The molecule has 1 heterocycles. The van der Waals surface area contributed by atoms with Gasteiger partial charge >= 0.3 is 5.97 Å². The quantitative estimate of drug-likeness (QED) is 0.944. The van der Waals surface area contributed by atoms with Crippen molar-refractivity contribution in [2.75, 3.05) is 7.11 Å². The summed E-state index contributed by atoms with van der Waals surface area (Å²) in [5, 5.41) is 9.48. The van der Waals surface area contributed by atoms with Gasteiger partial charge in [-0.05, 0) is 18.2 Å². The number of hydrogen-bond donors (Lipinski definition) is 1. The molecule has 88 valence electrons. The molecule has 0 bridgehead atoms. The summed E-state index contributed by atoms with van der Waals surface area (Å²) in [7, 11) is 1.57. The first-order chi connectivity index (χ1) is 8.11. The molecule has 6 heteroatoms. The molecule has 0 saturated heterocycles. The number of carboxylic acid groups (broad SMARTS) is 1. The van der Waals surface area contributed by atoms with Gasteiger partial charge in [0.05, 0.1) is 18.9 Å². The molecule has 0 aliphatic heterocycles. The van der Waals surface area contributed by atoms with Gasteiger partial charge in [0.15, 0.2) is 0 Å². The summed E-state index contributed by atoms with van der Waals surface area (Å²) in [6.07, 6.45) is 1.35. The molecule has 2 aromatic rings. The number of carbonyl (C=O) groups is 1. The lowest BCUT2D eigenvalue weighted by Gasteiger charge is -2.05. The molecule has 1 aromatic carbocycles. The van der Waals surface area contributed by atoms with Gasteiger partial charge in [0.25, 0.3) is 0 Å². The van der Waals surface area contributed by atoms with Crippen LogP contribution >= 0.6 is 27.3 Å². The van der Waals surface area contributed by atoms with E-state index < -0.39 is 5.97 Å². The molecule has 0 aliphatic rings. The third kappa shape index (κ3) is 2.48. The zero-order valence-corrected chi connectivity index (χ0v) is 11.2. The van der Waals surface area contributed by atoms with Crippen molar-refractivity contribution < 1.29 is 14.6 Å². The molecule has 4 nitrogen and oxygen atoms in total. The zero-order chi connectivity index (χ0) is 12.4. The Morgan fingerprint density at radius 2 is 2.29 bits per heavy atom. The predicted molar refractivity (Wildman–Crippen MR) is 68.8 cm³/mol. The number of thiazole rings is 1. The molecular formula is C11H8BrNO3S. The Balaban J connectivity index is 2.51. The average Bonchev–Trinajstić information content (AvgIpc) is 2.78. The molecule has 0 fully saturated rings. The zero-order valence-electron chi connectivity index (χ0n) is 8.81. The Labute approximate surface area is 110 Å². The van der Waals surface area contributed by atoms with Gasteiger partial charge in [-0.1, -0.05) is 15.9 Å². The minimum Gasteiger partial charge on any atom is -0.496 e. The second-order valence-corrected chi connectivity index (χ2v) is 5.13. The summed E-state index contributed by atoms with van der Waals surface area (Å²) < 4.78 is 6.11. The standard InChI is InChI=1S/C11H8BrNO3S/c1-16-8-3-2-6(12)4-7(8)10-13-5-9(17-10)11(14)15/h2-5H,1H3,(H,14,15). The van der Waals surface area contributed by atoms with Crippen LogP contribution in [-0.2, 0) is 0 Å². The van der Waals surface area contributed by atoms with Gasteiger partial charge in [-0.15, -0.1) is 11.3 Å². The first-order valence-corrected chi connectivity index (χ1v) is 6.26. The maximum atomic E-state index is 10.8. The monoisotopic (exact) mass is 313 g/mol. The summed E-state index contributed by atoms with van der Waals surface area (Å²) in [6, 6.07) is 5.51. The molecule has 0 spiro atoms. The van der Waals surface area contributed by atoms with Gasteiger partial charge in [0, 0.05) is 4.47 Å². The van der Waals surface area contributed by atoms with Crippen molar-refractivity contribution in [3.63, 3.8) is 0 Å². The van der Waals surface area contributed by atoms with Gasteiger partial charge in [-0.3, -0.25) is 0 Å². The van der Waals surface area contributed by atoms with Crippen molar-refractivity contribution in [1.82, 2.24) is 4.98 Å². The molecule has 1 aromatic heterocycles. The molecule has 0 unspecified atom stereocenters. The van der Waals surface area contributed by atoms with Crippen LogP contribution in [0.3, 0.4) is 0 Å². The topological polar surface area (TPSA) is 59.4 Å². The number of ether oxygens (including phenoxy) is 1. The molecular weight excluding hydrogens is 306 g/mol. The highest BCUT2D eigenvalue weighted by atomic mass is 79.9. The number of aromatic nitrogens is 1. The molecule has 2 rings (SSSR count). The smallest absolute Gasteiger partial charge is 0.347 e. The van der Waals surface area contributed by atoms with E-state index >= 15 is 0 Å². The Morgan fingerprint density at radius 1 is 1.53 bits per heavy atom. The summed E-state index contributed by atoms with van der Waals surface area (Å²) in [5.74, 6) is -0.304. The highest BCUT2D eigenvalue weighted by Gasteiger charge is 2.13. The molecule has 1 N–H and O–H groups in total. The third-order valence-corrected chi connectivity index (χ3v) is 3.62. The van der Waals surface area contributed by atoms with E-state index in [1.54, 1.807) is 13.2 Å². The SMILES string of the molecule is COc1ccc(Br)cc1-c1ncc(C(=O)O)s1. The van der Waals surface area contributed by atoms with Crippen molar-refractivity contribution in [3.05, 3.63) is 33.7 Å². The van der Waals surface area contributed by atoms with Gasteiger partial charge in [0.1, 0.15) is 15.6 Å². The van der Waals surface area contributed by atoms with Crippen molar-refractivity contribution in [2.45, 2.75) is 0 Å². The van der Waals surface area contributed by atoms with E-state index in [1.807, 2.05) is 12.1 Å². The van der Waals surface area contributed by atoms with Gasteiger partial charge in [-0.2, -0.15) is 0 Å². The third-order valence-electron chi connectivity index (χ3n) is 2.11. The lowest BCUT2D eigenvalue weighted by atomic mass is 10.2. The summed E-state index contributed by atoms with van der Waals surface area (Å²) in [6.45, 7) is 0. The fraction of sp³-hybridized carbons (Fsp3) is 0.0909. The van der Waals surface area contributed by atoms with Gasteiger partial charge in [-0.25, -0.2) is 9.78 Å². The van der Waals surface area contributed by atoms with Crippen LogP contribution in [0.5, 0.6) is 5.75 Å². The predicted octanol–water partition coefficient (Wildman–Crippen LogP) is 3.28. The van der Waals surface area contributed by atoms with Crippen molar-refractivity contribution in [1.29, 1.82) is 0 Å². The van der Waals surface area contributed by atoms with Gasteiger partial charge < -0.3 is 9.84 Å². The maximum Gasteiger partial charge on any atom is 0.347 e. The van der Waals surface area contributed by atoms with E-state index in [9.17, 15) is 4.79 Å². The van der Waals surface area contributed by atoms with Crippen LogP contribution in [0.15, 0.2) is 28.9 Å². The maximum absolute atomic E-state index is 10.8.